The zero-order valence-electron chi connectivity index (χ0n) is 18.3. The molecule has 2 fully saturated rings. The lowest BCUT2D eigenvalue weighted by atomic mass is 10.0. The molecule has 1 atom stereocenters. The van der Waals surface area contributed by atoms with E-state index >= 15 is 0 Å². The fourth-order valence-corrected chi connectivity index (χ4v) is 4.54. The molecule has 1 unspecified atom stereocenters. The van der Waals surface area contributed by atoms with Crippen LogP contribution in [0.2, 0.25) is 0 Å². The third-order valence-corrected chi connectivity index (χ3v) is 6.53. The van der Waals surface area contributed by atoms with E-state index in [1.54, 1.807) is 11.0 Å². The standard InChI is InChI=1S/C24H20F5N5O/c25-15-2-3-17(20-30-6-1-7-31-20)18(9-15)22(35)34-13-23(4-5-23)10-16(34)12-33-21-19(26)8-14(11-32-21)24(27,28)29/h1-3,6-9,11,16H,4-5,10,12-13H2,(H,32,33). The second-order valence-corrected chi connectivity index (χ2v) is 8.99. The van der Waals surface area contributed by atoms with Gasteiger partial charge in [0.2, 0.25) is 0 Å². The smallest absolute Gasteiger partial charge is 0.366 e. The first-order valence-corrected chi connectivity index (χ1v) is 11.0. The number of carbonyl (C=O) groups is 1. The minimum atomic E-state index is -4.70. The summed E-state index contributed by atoms with van der Waals surface area (Å²) in [5, 5.41) is 2.75. The van der Waals surface area contributed by atoms with Crippen molar-refractivity contribution in [1.82, 2.24) is 19.9 Å². The zero-order chi connectivity index (χ0) is 24.8. The maximum Gasteiger partial charge on any atom is 0.417 e. The van der Waals surface area contributed by atoms with Gasteiger partial charge in [0.15, 0.2) is 17.5 Å². The highest BCUT2D eigenvalue weighted by atomic mass is 19.4. The van der Waals surface area contributed by atoms with Crippen molar-refractivity contribution < 1.29 is 26.7 Å². The average molecular weight is 489 g/mol. The number of carbonyl (C=O) groups excluding carboxylic acids is 1. The highest BCUT2D eigenvalue weighted by Crippen LogP contribution is 2.55. The molecule has 6 nitrogen and oxygen atoms in total. The molecule has 1 N–H and O–H groups in total. The number of nitrogens with one attached hydrogen (secondary N) is 1. The number of nitrogens with zero attached hydrogens (tertiary/aromatic N) is 4. The molecule has 1 saturated heterocycles. The molecule has 1 aromatic carbocycles. The lowest BCUT2D eigenvalue weighted by molar-refractivity contribution is -0.138. The molecule has 1 aliphatic heterocycles. The van der Waals surface area contributed by atoms with Crippen molar-refractivity contribution in [3.05, 3.63) is 71.7 Å². The van der Waals surface area contributed by atoms with Gasteiger partial charge in [-0.2, -0.15) is 13.2 Å². The van der Waals surface area contributed by atoms with Crippen molar-refractivity contribution in [2.75, 3.05) is 18.4 Å². The van der Waals surface area contributed by atoms with Gasteiger partial charge in [-0.3, -0.25) is 4.79 Å². The monoisotopic (exact) mass is 489 g/mol. The number of rotatable bonds is 5. The van der Waals surface area contributed by atoms with Crippen LogP contribution < -0.4 is 5.32 Å². The Morgan fingerprint density at radius 3 is 2.51 bits per heavy atom. The quantitative estimate of drug-likeness (QED) is 0.514. The molecule has 3 heterocycles. The van der Waals surface area contributed by atoms with Gasteiger partial charge in [-0.1, -0.05) is 0 Å². The number of likely N-dealkylation sites (tertiary alicyclic amines) is 1. The van der Waals surface area contributed by atoms with Gasteiger partial charge in [0, 0.05) is 43.3 Å². The first-order valence-electron chi connectivity index (χ1n) is 11.0. The minimum absolute atomic E-state index is 0.0507. The molecule has 1 amide bonds. The summed E-state index contributed by atoms with van der Waals surface area (Å²) in [4.78, 5) is 27.1. The summed E-state index contributed by atoms with van der Waals surface area (Å²) < 4.78 is 66.8. The Hall–Kier alpha value is -3.63. The Labute approximate surface area is 197 Å². The van der Waals surface area contributed by atoms with Gasteiger partial charge in [0.1, 0.15) is 5.82 Å². The van der Waals surface area contributed by atoms with E-state index in [0.717, 1.165) is 18.9 Å². The maximum absolute atomic E-state index is 14.3. The van der Waals surface area contributed by atoms with E-state index in [1.165, 1.54) is 24.5 Å². The van der Waals surface area contributed by atoms with Gasteiger partial charge in [0.05, 0.1) is 11.1 Å². The fourth-order valence-electron chi connectivity index (χ4n) is 4.54. The highest BCUT2D eigenvalue weighted by Gasteiger charge is 2.53. The SMILES string of the molecule is O=C(c1cc(F)ccc1-c1ncccn1)N1CC2(CC2)CC1CNc1ncc(C(F)(F)F)cc1F. The van der Waals surface area contributed by atoms with Crippen LogP contribution in [0.15, 0.2) is 48.9 Å². The molecular formula is C24H20F5N5O. The van der Waals surface area contributed by atoms with E-state index in [9.17, 15) is 26.7 Å². The molecule has 11 heteroatoms. The lowest BCUT2D eigenvalue weighted by Crippen LogP contribution is -2.40. The number of anilines is 1. The first kappa shape index (κ1) is 23.1. The van der Waals surface area contributed by atoms with E-state index < -0.39 is 29.3 Å². The molecule has 1 saturated carbocycles. The summed E-state index contributed by atoms with van der Waals surface area (Å²) in [7, 11) is 0. The van der Waals surface area contributed by atoms with E-state index in [-0.39, 0.29) is 35.2 Å². The Kier molecular flexibility index (Phi) is 5.65. The van der Waals surface area contributed by atoms with Gasteiger partial charge in [-0.25, -0.2) is 23.7 Å². The van der Waals surface area contributed by atoms with Crippen LogP contribution in [0.5, 0.6) is 0 Å². The number of aromatic nitrogens is 3. The van der Waals surface area contributed by atoms with Crippen molar-refractivity contribution in [3.8, 4) is 11.4 Å². The van der Waals surface area contributed by atoms with Crippen LogP contribution >= 0.6 is 0 Å². The minimum Gasteiger partial charge on any atom is -0.366 e. The van der Waals surface area contributed by atoms with Gasteiger partial charge in [0.25, 0.3) is 5.91 Å². The molecule has 182 valence electrons. The van der Waals surface area contributed by atoms with Crippen LogP contribution in [0.3, 0.4) is 0 Å². The topological polar surface area (TPSA) is 71.0 Å². The van der Waals surface area contributed by atoms with Crippen LogP contribution in [0.1, 0.15) is 35.2 Å². The Morgan fingerprint density at radius 1 is 1.11 bits per heavy atom. The number of hydrogen-bond acceptors (Lipinski definition) is 5. The normalized spacial score (nSPS) is 18.7. The van der Waals surface area contributed by atoms with Crippen molar-refractivity contribution in [2.24, 2.45) is 5.41 Å². The number of benzene rings is 1. The molecule has 0 radical (unpaired) electrons. The van der Waals surface area contributed by atoms with Gasteiger partial charge < -0.3 is 10.2 Å². The third kappa shape index (κ3) is 4.67. The van der Waals surface area contributed by atoms with Crippen molar-refractivity contribution in [2.45, 2.75) is 31.5 Å². The second kappa shape index (κ2) is 8.54. The molecule has 1 aliphatic carbocycles. The molecule has 35 heavy (non-hydrogen) atoms. The molecule has 1 spiro atoms. The predicted molar refractivity (Wildman–Crippen MR) is 116 cm³/mol. The second-order valence-electron chi connectivity index (χ2n) is 8.99. The summed E-state index contributed by atoms with van der Waals surface area (Å²) in [6.07, 6.45) is 1.39. The summed E-state index contributed by atoms with van der Waals surface area (Å²) in [6, 6.07) is 5.45. The predicted octanol–water partition coefficient (Wildman–Crippen LogP) is 4.94. The highest BCUT2D eigenvalue weighted by molar-refractivity contribution is 6.00. The van der Waals surface area contributed by atoms with Crippen molar-refractivity contribution in [3.63, 3.8) is 0 Å². The van der Waals surface area contributed by atoms with Crippen LogP contribution in [0, 0.1) is 17.0 Å². The molecule has 3 aromatic rings. The van der Waals surface area contributed by atoms with Crippen LogP contribution in [0.4, 0.5) is 27.8 Å². The van der Waals surface area contributed by atoms with E-state index in [0.29, 0.717) is 30.8 Å². The summed E-state index contributed by atoms with van der Waals surface area (Å²) in [5.41, 5.74) is -0.740. The number of amides is 1. The van der Waals surface area contributed by atoms with Crippen LogP contribution in [-0.4, -0.2) is 44.9 Å². The van der Waals surface area contributed by atoms with Crippen molar-refractivity contribution in [1.29, 1.82) is 0 Å². The lowest BCUT2D eigenvalue weighted by Gasteiger charge is -2.26. The molecule has 5 rings (SSSR count). The summed E-state index contributed by atoms with van der Waals surface area (Å²) in [5.74, 6) is -2.18. The van der Waals surface area contributed by atoms with E-state index in [4.69, 9.17) is 0 Å². The molecule has 2 aliphatic rings. The van der Waals surface area contributed by atoms with Gasteiger partial charge >= 0.3 is 6.18 Å². The van der Waals surface area contributed by atoms with E-state index in [1.807, 2.05) is 0 Å². The Morgan fingerprint density at radius 2 is 1.86 bits per heavy atom. The first-order chi connectivity index (χ1) is 16.7. The summed E-state index contributed by atoms with van der Waals surface area (Å²) >= 11 is 0. The summed E-state index contributed by atoms with van der Waals surface area (Å²) in [6.45, 7) is 0.530. The molecule has 0 bridgehead atoms. The Balaban J connectivity index is 1.39. The third-order valence-electron chi connectivity index (χ3n) is 6.53. The Bertz CT molecular complexity index is 1260. The van der Waals surface area contributed by atoms with E-state index in [2.05, 4.69) is 20.3 Å². The van der Waals surface area contributed by atoms with Crippen LogP contribution in [0.25, 0.3) is 11.4 Å². The number of pyridine rings is 1. The van der Waals surface area contributed by atoms with Crippen LogP contribution in [-0.2, 0) is 6.18 Å². The molecule has 2 aromatic heterocycles. The number of alkyl halides is 3. The zero-order valence-corrected chi connectivity index (χ0v) is 18.3. The van der Waals surface area contributed by atoms with Gasteiger partial charge in [-0.05, 0) is 55.0 Å². The maximum atomic E-state index is 14.3. The average Bonchev–Trinajstić information content (AvgIpc) is 3.49. The number of hydrogen-bond donors (Lipinski definition) is 1. The largest absolute Gasteiger partial charge is 0.417 e. The molecular weight excluding hydrogens is 469 g/mol. The fraction of sp³-hybridized carbons (Fsp3) is 0.333. The van der Waals surface area contributed by atoms with Gasteiger partial charge in [-0.15, -0.1) is 0 Å². The number of halogens is 5. The van der Waals surface area contributed by atoms with Crippen molar-refractivity contribution >= 4 is 11.7 Å².